The number of aromatic nitrogens is 3. The summed E-state index contributed by atoms with van der Waals surface area (Å²) in [5, 5.41) is 18.1. The molecule has 0 bridgehead atoms. The molecule has 2 aliphatic heterocycles. The highest BCUT2D eigenvalue weighted by Crippen LogP contribution is 2.26. The van der Waals surface area contributed by atoms with Gasteiger partial charge in [0.25, 0.3) is 5.91 Å². The third-order valence-electron chi connectivity index (χ3n) is 4.97. The Bertz CT molecular complexity index is 765. The van der Waals surface area contributed by atoms with Crippen LogP contribution in [-0.2, 0) is 13.0 Å². The molecule has 0 radical (unpaired) electrons. The van der Waals surface area contributed by atoms with E-state index in [0.29, 0.717) is 24.2 Å². The van der Waals surface area contributed by atoms with Crippen LogP contribution in [0.5, 0.6) is 0 Å². The van der Waals surface area contributed by atoms with Crippen molar-refractivity contribution in [3.05, 3.63) is 41.2 Å². The Kier molecular flexibility index (Phi) is 4.40. The monoisotopic (exact) mass is 340 g/mol. The average Bonchev–Trinajstić information content (AvgIpc) is 3.25. The number of piperidine rings is 1. The Morgan fingerprint density at radius 3 is 3.04 bits per heavy atom. The Labute approximate surface area is 147 Å². The second-order valence-electron chi connectivity index (χ2n) is 6.98. The van der Waals surface area contributed by atoms with E-state index in [4.69, 9.17) is 0 Å². The van der Waals surface area contributed by atoms with Crippen LogP contribution in [0.25, 0.3) is 0 Å². The third-order valence-corrected chi connectivity index (χ3v) is 4.97. The molecule has 1 fully saturated rings. The topological polar surface area (TPSA) is 83.9 Å². The molecular formula is C18H24N6O. The molecule has 0 saturated carbocycles. The van der Waals surface area contributed by atoms with E-state index in [-0.39, 0.29) is 5.91 Å². The van der Waals surface area contributed by atoms with Crippen LogP contribution in [0.3, 0.4) is 0 Å². The number of carbonyl (C=O) groups is 1. The van der Waals surface area contributed by atoms with Crippen molar-refractivity contribution in [3.8, 4) is 0 Å². The Morgan fingerprint density at radius 2 is 2.20 bits per heavy atom. The fourth-order valence-corrected chi connectivity index (χ4v) is 3.61. The first-order chi connectivity index (χ1) is 12.2. The number of nitrogens with one attached hydrogen (secondary N) is 3. The highest BCUT2D eigenvalue weighted by atomic mass is 16.1. The van der Waals surface area contributed by atoms with Crippen molar-refractivity contribution in [2.24, 2.45) is 0 Å². The van der Waals surface area contributed by atoms with Gasteiger partial charge in [0, 0.05) is 17.3 Å². The molecule has 2 aliphatic rings. The summed E-state index contributed by atoms with van der Waals surface area (Å²) < 4.78 is 1.94. The van der Waals surface area contributed by atoms with Crippen molar-refractivity contribution in [2.45, 2.75) is 44.8 Å². The van der Waals surface area contributed by atoms with Crippen LogP contribution < -0.4 is 16.0 Å². The van der Waals surface area contributed by atoms with E-state index in [2.05, 4.69) is 33.2 Å². The molecule has 0 spiro atoms. The van der Waals surface area contributed by atoms with Crippen molar-refractivity contribution in [1.82, 2.24) is 25.6 Å². The van der Waals surface area contributed by atoms with Gasteiger partial charge in [-0.2, -0.15) is 0 Å². The fourth-order valence-electron chi connectivity index (χ4n) is 3.61. The SMILES string of the molecule is C[C@H]1Cc2cc(C(=O)NCc3cn(C4CCNCC4)nn3)ccc2N1. The first-order valence-corrected chi connectivity index (χ1v) is 8.98. The van der Waals surface area contributed by atoms with E-state index in [0.717, 1.165) is 43.7 Å². The zero-order chi connectivity index (χ0) is 17.2. The number of benzene rings is 1. The molecule has 1 aromatic heterocycles. The van der Waals surface area contributed by atoms with Gasteiger partial charge in [-0.25, -0.2) is 4.68 Å². The number of hydrogen-bond acceptors (Lipinski definition) is 5. The van der Waals surface area contributed by atoms with Crippen LogP contribution in [0.2, 0.25) is 0 Å². The molecule has 7 nitrogen and oxygen atoms in total. The van der Waals surface area contributed by atoms with E-state index in [9.17, 15) is 4.79 Å². The van der Waals surface area contributed by atoms with Gasteiger partial charge in [0.1, 0.15) is 5.69 Å². The van der Waals surface area contributed by atoms with Gasteiger partial charge >= 0.3 is 0 Å². The van der Waals surface area contributed by atoms with E-state index in [1.807, 2.05) is 29.1 Å². The van der Waals surface area contributed by atoms with Crippen LogP contribution in [0.4, 0.5) is 5.69 Å². The maximum absolute atomic E-state index is 12.4. The highest BCUT2D eigenvalue weighted by Gasteiger charge is 2.19. The zero-order valence-electron chi connectivity index (χ0n) is 14.5. The summed E-state index contributed by atoms with van der Waals surface area (Å²) in [5.41, 5.74) is 3.83. The quantitative estimate of drug-likeness (QED) is 0.785. The van der Waals surface area contributed by atoms with Gasteiger partial charge in [0.15, 0.2) is 0 Å². The van der Waals surface area contributed by atoms with Crippen LogP contribution in [0, 0.1) is 0 Å². The van der Waals surface area contributed by atoms with Gasteiger partial charge in [-0.3, -0.25) is 4.79 Å². The van der Waals surface area contributed by atoms with E-state index in [1.165, 1.54) is 5.56 Å². The summed E-state index contributed by atoms with van der Waals surface area (Å²) in [4.78, 5) is 12.4. The smallest absolute Gasteiger partial charge is 0.251 e. The molecule has 3 heterocycles. The number of rotatable bonds is 4. The molecule has 25 heavy (non-hydrogen) atoms. The minimum absolute atomic E-state index is 0.0706. The fraction of sp³-hybridized carbons (Fsp3) is 0.500. The first kappa shape index (κ1) is 16.1. The van der Waals surface area contributed by atoms with Crippen LogP contribution in [0.15, 0.2) is 24.4 Å². The first-order valence-electron chi connectivity index (χ1n) is 8.98. The standard InChI is InChI=1S/C18H24N6O/c1-12-8-14-9-13(2-3-17(14)21-12)18(25)20-10-15-11-24(23-22-15)16-4-6-19-7-5-16/h2-3,9,11-12,16,19,21H,4-8,10H2,1H3,(H,20,25)/t12-/m0/s1. The predicted molar refractivity (Wildman–Crippen MR) is 95.6 cm³/mol. The molecule has 3 N–H and O–H groups in total. The third kappa shape index (κ3) is 3.51. The molecule has 7 heteroatoms. The molecule has 1 aromatic carbocycles. The molecule has 132 valence electrons. The van der Waals surface area contributed by atoms with E-state index >= 15 is 0 Å². The molecule has 0 unspecified atom stereocenters. The van der Waals surface area contributed by atoms with Crippen LogP contribution in [-0.4, -0.2) is 40.0 Å². The molecule has 4 rings (SSSR count). The largest absolute Gasteiger partial charge is 0.382 e. The number of amides is 1. The van der Waals surface area contributed by atoms with Gasteiger partial charge in [-0.1, -0.05) is 5.21 Å². The lowest BCUT2D eigenvalue weighted by molar-refractivity contribution is 0.0950. The van der Waals surface area contributed by atoms with Crippen LogP contribution >= 0.6 is 0 Å². The molecule has 2 aromatic rings. The maximum Gasteiger partial charge on any atom is 0.251 e. The lowest BCUT2D eigenvalue weighted by Crippen LogP contribution is -2.29. The maximum atomic E-state index is 12.4. The Balaban J connectivity index is 1.36. The second kappa shape index (κ2) is 6.84. The van der Waals surface area contributed by atoms with Gasteiger partial charge in [-0.15, -0.1) is 5.10 Å². The second-order valence-corrected chi connectivity index (χ2v) is 6.98. The van der Waals surface area contributed by atoms with Crippen molar-refractivity contribution in [2.75, 3.05) is 18.4 Å². The summed E-state index contributed by atoms with van der Waals surface area (Å²) in [5.74, 6) is -0.0706. The number of anilines is 1. The molecule has 0 aliphatic carbocycles. The van der Waals surface area contributed by atoms with Gasteiger partial charge in [0.05, 0.1) is 18.8 Å². The lowest BCUT2D eigenvalue weighted by Gasteiger charge is -2.22. The van der Waals surface area contributed by atoms with Gasteiger partial charge in [0.2, 0.25) is 0 Å². The summed E-state index contributed by atoms with van der Waals surface area (Å²) in [7, 11) is 0. The zero-order valence-corrected chi connectivity index (χ0v) is 14.5. The predicted octanol–water partition coefficient (Wildman–Crippen LogP) is 1.49. The minimum atomic E-state index is -0.0706. The summed E-state index contributed by atoms with van der Waals surface area (Å²) in [6.45, 7) is 4.58. The van der Waals surface area contributed by atoms with Crippen molar-refractivity contribution in [3.63, 3.8) is 0 Å². The molecular weight excluding hydrogens is 316 g/mol. The Hall–Kier alpha value is -2.41. The van der Waals surface area contributed by atoms with E-state index in [1.54, 1.807) is 0 Å². The van der Waals surface area contributed by atoms with Gasteiger partial charge < -0.3 is 16.0 Å². The number of hydrogen-bond donors (Lipinski definition) is 3. The average molecular weight is 340 g/mol. The highest BCUT2D eigenvalue weighted by molar-refractivity contribution is 5.95. The summed E-state index contributed by atoms with van der Waals surface area (Å²) >= 11 is 0. The normalized spacial score (nSPS) is 20.1. The number of nitrogens with zero attached hydrogens (tertiary/aromatic N) is 3. The molecule has 1 atom stereocenters. The number of fused-ring (bicyclic) bond motifs is 1. The van der Waals surface area contributed by atoms with Crippen molar-refractivity contribution < 1.29 is 4.79 Å². The van der Waals surface area contributed by atoms with Crippen LogP contribution in [0.1, 0.15) is 47.4 Å². The molecule has 1 amide bonds. The van der Waals surface area contributed by atoms with E-state index < -0.39 is 0 Å². The summed E-state index contributed by atoms with van der Waals surface area (Å²) in [6.07, 6.45) is 5.04. The van der Waals surface area contributed by atoms with Gasteiger partial charge in [-0.05, 0) is 63.0 Å². The summed E-state index contributed by atoms with van der Waals surface area (Å²) in [6, 6.07) is 6.67. The molecule has 1 saturated heterocycles. The minimum Gasteiger partial charge on any atom is -0.382 e. The van der Waals surface area contributed by atoms with Crippen molar-refractivity contribution in [1.29, 1.82) is 0 Å². The number of carbonyl (C=O) groups excluding carboxylic acids is 1. The Morgan fingerprint density at radius 1 is 1.36 bits per heavy atom. The lowest BCUT2D eigenvalue weighted by atomic mass is 10.1. The van der Waals surface area contributed by atoms with Crippen molar-refractivity contribution >= 4 is 11.6 Å².